The molecule has 7 aliphatic carbocycles. The summed E-state index contributed by atoms with van der Waals surface area (Å²) in [6.45, 7) is 34.8. The first-order valence-corrected chi connectivity index (χ1v) is 32.8. The molecule has 0 amide bonds. The Kier molecular flexibility index (Phi) is 37.4. The van der Waals surface area contributed by atoms with E-state index in [0.29, 0.717) is 56.5 Å². The summed E-state index contributed by atoms with van der Waals surface area (Å²) in [5.74, 6) is 5.11. The molecule has 15 rings (SSSR count). The van der Waals surface area contributed by atoms with Crippen LogP contribution in [0.25, 0.3) is 0 Å². The lowest BCUT2D eigenvalue weighted by atomic mass is 9.68. The fourth-order valence-corrected chi connectivity index (χ4v) is 14.2. The predicted molar refractivity (Wildman–Crippen MR) is 311 cm³/mol. The molecule has 8 saturated heterocycles. The van der Waals surface area contributed by atoms with Crippen molar-refractivity contribution in [1.29, 1.82) is 0 Å². The zero-order valence-electron chi connectivity index (χ0n) is 52.7. The number of esters is 6. The normalized spacial score (nSPS) is 34.3. The van der Waals surface area contributed by atoms with E-state index in [1.54, 1.807) is 0 Å². The molecular formula is C65H118O13. The highest BCUT2D eigenvalue weighted by molar-refractivity contribution is 5.80. The van der Waals surface area contributed by atoms with Gasteiger partial charge in [-0.3, -0.25) is 28.8 Å². The highest BCUT2D eigenvalue weighted by Gasteiger charge is 2.58. The Balaban J connectivity index is 0.000000446. The Morgan fingerprint density at radius 3 is 1.51 bits per heavy atom. The number of rotatable bonds is 0. The third-order valence-electron chi connectivity index (χ3n) is 17.4. The zero-order chi connectivity index (χ0) is 58.8. The number of hydrogen-bond donors (Lipinski definition) is 0. The van der Waals surface area contributed by atoms with Crippen LogP contribution in [0.3, 0.4) is 0 Å². The van der Waals surface area contributed by atoms with Crippen LogP contribution in [0.5, 0.6) is 0 Å². The van der Waals surface area contributed by atoms with Gasteiger partial charge in [-0.2, -0.15) is 0 Å². The maximum atomic E-state index is 11.6. The van der Waals surface area contributed by atoms with Gasteiger partial charge in [0.05, 0.1) is 61.9 Å². The van der Waals surface area contributed by atoms with Crippen molar-refractivity contribution in [2.24, 2.45) is 58.2 Å². The van der Waals surface area contributed by atoms with Crippen LogP contribution in [0.2, 0.25) is 0 Å². The first-order valence-electron chi connectivity index (χ1n) is 32.8. The maximum absolute atomic E-state index is 11.6. The summed E-state index contributed by atoms with van der Waals surface area (Å²) >= 11 is 0. The van der Waals surface area contributed by atoms with Crippen LogP contribution in [0.1, 0.15) is 271 Å². The van der Waals surface area contributed by atoms with Gasteiger partial charge >= 0.3 is 35.8 Å². The van der Waals surface area contributed by atoms with E-state index in [4.69, 9.17) is 33.2 Å². The lowest BCUT2D eigenvalue weighted by molar-refractivity contribution is -0.151. The number of hydrogen-bond acceptors (Lipinski definition) is 13. The molecule has 11 unspecified atom stereocenters. The molecule has 78 heavy (non-hydrogen) atoms. The third-order valence-corrected chi connectivity index (χ3v) is 17.4. The molecule has 456 valence electrons. The first kappa shape index (κ1) is 72.8. The van der Waals surface area contributed by atoms with E-state index >= 15 is 0 Å². The van der Waals surface area contributed by atoms with Crippen LogP contribution in [0, 0.1) is 58.2 Å². The smallest absolute Gasteiger partial charge is 0.312 e. The van der Waals surface area contributed by atoms with Crippen molar-refractivity contribution in [3.05, 3.63) is 0 Å². The van der Waals surface area contributed by atoms with Crippen LogP contribution in [0.15, 0.2) is 0 Å². The number of ether oxygens (including phenoxy) is 7. The van der Waals surface area contributed by atoms with Crippen molar-refractivity contribution >= 4 is 35.8 Å². The van der Waals surface area contributed by atoms with Gasteiger partial charge in [0.15, 0.2) is 0 Å². The van der Waals surface area contributed by atoms with E-state index in [0.717, 1.165) is 101 Å². The highest BCUT2D eigenvalue weighted by Crippen LogP contribution is 2.59. The molecule has 8 heterocycles. The van der Waals surface area contributed by atoms with Crippen LogP contribution in [-0.2, 0) is 61.9 Å². The summed E-state index contributed by atoms with van der Waals surface area (Å²) in [6, 6.07) is 0. The molecule has 6 bridgehead atoms. The molecule has 0 N–H and O–H groups in total. The first-order chi connectivity index (χ1) is 38.1. The van der Waals surface area contributed by atoms with Crippen molar-refractivity contribution in [2.75, 3.05) is 26.4 Å². The summed E-state index contributed by atoms with van der Waals surface area (Å²) in [7, 11) is 0. The summed E-state index contributed by atoms with van der Waals surface area (Å²) < 4.78 is 35.6. The Hall–Kier alpha value is -3.22. The topological polar surface area (TPSA) is 167 Å². The average Bonchev–Trinajstić information content (AvgIpc) is 4.37. The molecule has 15 fully saturated rings. The standard InChI is InChI=1S/2C10H14O2.C9H14O2.2C7H10O2.C6H8O3.8C2H6/c11-10-8-2-6-1-7(3-8)5-9(4-6)12-10;11-9-10(3-4-12-9)6-7-1-2-8(10)5-7;10-8-9(6-7-11-8)4-2-1-3-5-9;8-7-6-3-1-2-5(6)4-9-7;8-7-4-5-2-1-3-6(5)9-7;7-6-3-5-4(9-6)1-2-8-5;8*1-2/h6-9H,1-5H2;7-8H,1-6H2;1-7H2;2*5-6H,1-4H2;4-5H,1-3H2;8*1-2H3. The van der Waals surface area contributed by atoms with Gasteiger partial charge in [-0.25, -0.2) is 0 Å². The van der Waals surface area contributed by atoms with Crippen LogP contribution >= 0.6 is 0 Å². The van der Waals surface area contributed by atoms with E-state index in [1.807, 2.05) is 111 Å². The Morgan fingerprint density at radius 1 is 0.410 bits per heavy atom. The predicted octanol–water partition coefficient (Wildman–Crippen LogP) is 15.7. The summed E-state index contributed by atoms with van der Waals surface area (Å²) in [6.07, 6.45) is 28.7. The van der Waals surface area contributed by atoms with Crippen molar-refractivity contribution in [1.82, 2.24) is 0 Å². The molecule has 0 aromatic rings. The van der Waals surface area contributed by atoms with Crippen LogP contribution in [-0.4, -0.2) is 86.7 Å². The van der Waals surface area contributed by atoms with Gasteiger partial charge in [0, 0.05) is 18.3 Å². The minimum Gasteiger partial charge on any atom is -0.465 e. The van der Waals surface area contributed by atoms with Gasteiger partial charge in [-0.1, -0.05) is 143 Å². The summed E-state index contributed by atoms with van der Waals surface area (Å²) in [5, 5.41) is 0. The second-order valence-corrected chi connectivity index (χ2v) is 21.3. The molecular weight excluding hydrogens is 989 g/mol. The number of fused-ring (bicyclic) bond motifs is 7. The van der Waals surface area contributed by atoms with E-state index in [2.05, 4.69) is 0 Å². The summed E-state index contributed by atoms with van der Waals surface area (Å²) in [4.78, 5) is 66.4. The van der Waals surface area contributed by atoms with Crippen molar-refractivity contribution in [3.8, 4) is 0 Å². The second kappa shape index (κ2) is 40.1. The quantitative estimate of drug-likeness (QED) is 0.166. The van der Waals surface area contributed by atoms with E-state index in [9.17, 15) is 28.8 Å². The Bertz CT molecular complexity index is 1600. The van der Waals surface area contributed by atoms with Crippen molar-refractivity contribution in [3.63, 3.8) is 0 Å². The fourth-order valence-electron chi connectivity index (χ4n) is 14.2. The van der Waals surface area contributed by atoms with Crippen molar-refractivity contribution < 1.29 is 61.9 Å². The monoisotopic (exact) mass is 1110 g/mol. The molecule has 0 aromatic carbocycles. The van der Waals surface area contributed by atoms with Crippen LogP contribution in [0.4, 0.5) is 0 Å². The fraction of sp³-hybridized carbons (Fsp3) is 0.908. The van der Waals surface area contributed by atoms with Gasteiger partial charge in [-0.15, -0.1) is 0 Å². The lowest BCUT2D eigenvalue weighted by Gasteiger charge is -2.35. The third kappa shape index (κ3) is 20.3. The number of carbonyl (C=O) groups is 6. The molecule has 0 radical (unpaired) electrons. The van der Waals surface area contributed by atoms with Gasteiger partial charge in [0.25, 0.3) is 0 Å². The lowest BCUT2D eigenvalue weighted by Crippen LogP contribution is -2.32. The Morgan fingerprint density at radius 2 is 0.987 bits per heavy atom. The molecule has 13 heteroatoms. The van der Waals surface area contributed by atoms with E-state index in [-0.39, 0.29) is 76.8 Å². The Labute approximate surface area is 476 Å². The van der Waals surface area contributed by atoms with Gasteiger partial charge in [-0.05, 0) is 133 Å². The minimum absolute atomic E-state index is 0.00289. The zero-order valence-corrected chi connectivity index (χ0v) is 52.7. The second-order valence-electron chi connectivity index (χ2n) is 21.3. The van der Waals surface area contributed by atoms with Gasteiger partial charge < -0.3 is 33.2 Å². The molecule has 11 atom stereocenters. The minimum atomic E-state index is -0.107. The molecule has 13 nitrogen and oxygen atoms in total. The summed E-state index contributed by atoms with van der Waals surface area (Å²) in [5.41, 5.74) is -0.0266. The molecule has 2 spiro atoms. The molecule has 7 saturated carbocycles. The molecule has 15 aliphatic rings. The average molecular weight is 1110 g/mol. The molecule has 8 aliphatic heterocycles. The van der Waals surface area contributed by atoms with Crippen LogP contribution < -0.4 is 0 Å². The number of cyclic esters (lactones) is 3. The highest BCUT2D eigenvalue weighted by atomic mass is 16.6. The van der Waals surface area contributed by atoms with Crippen molar-refractivity contribution in [2.45, 2.75) is 296 Å². The van der Waals surface area contributed by atoms with Gasteiger partial charge in [0.1, 0.15) is 24.4 Å². The maximum Gasteiger partial charge on any atom is 0.312 e. The van der Waals surface area contributed by atoms with Gasteiger partial charge in [0.2, 0.25) is 0 Å². The van der Waals surface area contributed by atoms with E-state index < -0.39 is 0 Å². The largest absolute Gasteiger partial charge is 0.465 e. The number of carbonyl (C=O) groups excluding carboxylic acids is 6. The van der Waals surface area contributed by atoms with E-state index in [1.165, 1.54) is 70.6 Å². The molecule has 0 aromatic heterocycles. The SMILES string of the molecule is CC.CC.CC.CC.CC.CC.CC.CC.O=C1CC2CCCC2O1.O=C1CC2OCCC2O1.O=C1OC2CC3CC(C2)CC1C3.O=C1OCC2CCCC12.O=C1OCCC12CC1CCC2C1.O=C1OCCC12CCCCC2.